The zero-order valence-electron chi connectivity index (χ0n) is 17.0. The van der Waals surface area contributed by atoms with Crippen molar-refractivity contribution in [3.63, 3.8) is 0 Å². The number of nitrogens with one attached hydrogen (secondary N) is 2. The first-order valence-corrected chi connectivity index (χ1v) is 10.1. The van der Waals surface area contributed by atoms with Gasteiger partial charge in [-0.15, -0.1) is 0 Å². The molecule has 1 aliphatic rings. The number of rotatable bonds is 6. The molecule has 2 aromatic carbocycles. The third kappa shape index (κ3) is 5.56. The molecule has 1 heterocycles. The van der Waals surface area contributed by atoms with Crippen molar-refractivity contribution in [2.24, 2.45) is 0 Å². The minimum atomic E-state index is -0.928. The first kappa shape index (κ1) is 21.3. The highest BCUT2D eigenvalue weighted by Gasteiger charge is 2.20. The molecule has 1 saturated heterocycles. The molecule has 0 aliphatic carbocycles. The van der Waals surface area contributed by atoms with Gasteiger partial charge in [-0.25, -0.2) is 0 Å². The van der Waals surface area contributed by atoms with E-state index in [9.17, 15) is 19.7 Å². The van der Waals surface area contributed by atoms with Gasteiger partial charge in [0.25, 0.3) is 5.69 Å². The molecule has 0 bridgehead atoms. The van der Waals surface area contributed by atoms with Crippen molar-refractivity contribution < 1.29 is 14.5 Å². The summed E-state index contributed by atoms with van der Waals surface area (Å²) < 4.78 is 0. The van der Waals surface area contributed by atoms with Crippen molar-refractivity contribution in [3.8, 4) is 0 Å². The van der Waals surface area contributed by atoms with Crippen LogP contribution in [0.15, 0.2) is 42.5 Å². The van der Waals surface area contributed by atoms with Crippen molar-refractivity contribution in [1.82, 2.24) is 5.32 Å². The molecule has 2 N–H and O–H groups in total. The molecule has 0 aromatic heterocycles. The van der Waals surface area contributed by atoms with E-state index in [-0.39, 0.29) is 11.4 Å². The average molecular weight is 410 g/mol. The maximum atomic E-state index is 12.1. The molecule has 0 spiro atoms. The van der Waals surface area contributed by atoms with E-state index in [1.54, 1.807) is 13.0 Å². The van der Waals surface area contributed by atoms with Crippen LogP contribution in [0.5, 0.6) is 0 Å². The summed E-state index contributed by atoms with van der Waals surface area (Å²) in [5, 5.41) is 16.0. The summed E-state index contributed by atoms with van der Waals surface area (Å²) in [5.74, 6) is -1.75. The Morgan fingerprint density at radius 2 is 1.73 bits per heavy atom. The van der Waals surface area contributed by atoms with E-state index in [0.717, 1.165) is 18.7 Å². The van der Waals surface area contributed by atoms with Crippen LogP contribution in [0.2, 0.25) is 0 Å². The zero-order valence-corrected chi connectivity index (χ0v) is 17.0. The van der Waals surface area contributed by atoms with Crippen molar-refractivity contribution in [3.05, 3.63) is 63.7 Å². The van der Waals surface area contributed by atoms with Gasteiger partial charge >= 0.3 is 11.8 Å². The molecule has 0 saturated carbocycles. The first-order chi connectivity index (χ1) is 14.4. The summed E-state index contributed by atoms with van der Waals surface area (Å²) in [6.45, 7) is 4.18. The molecule has 2 aromatic rings. The van der Waals surface area contributed by atoms with Gasteiger partial charge in [0.05, 0.1) is 4.92 Å². The Balaban J connectivity index is 1.48. The molecule has 1 fully saturated rings. The summed E-state index contributed by atoms with van der Waals surface area (Å²) in [6.07, 6.45) is 4.33. The van der Waals surface area contributed by atoms with Gasteiger partial charge in [-0.3, -0.25) is 19.7 Å². The summed E-state index contributed by atoms with van der Waals surface area (Å²) in [5.41, 5.74) is 2.71. The summed E-state index contributed by atoms with van der Waals surface area (Å²) >= 11 is 0. The highest BCUT2D eigenvalue weighted by atomic mass is 16.6. The van der Waals surface area contributed by atoms with E-state index >= 15 is 0 Å². The molecule has 0 radical (unpaired) electrons. The molecule has 30 heavy (non-hydrogen) atoms. The fourth-order valence-corrected chi connectivity index (χ4v) is 3.50. The van der Waals surface area contributed by atoms with Crippen molar-refractivity contribution in [2.45, 2.75) is 32.6 Å². The highest BCUT2D eigenvalue weighted by molar-refractivity contribution is 6.39. The van der Waals surface area contributed by atoms with Crippen molar-refractivity contribution >= 4 is 28.9 Å². The van der Waals surface area contributed by atoms with Crippen LogP contribution in [-0.2, 0) is 16.0 Å². The van der Waals surface area contributed by atoms with E-state index in [2.05, 4.69) is 27.7 Å². The minimum absolute atomic E-state index is 0.000878. The fourth-order valence-electron chi connectivity index (χ4n) is 3.50. The third-order valence-corrected chi connectivity index (χ3v) is 5.16. The number of aryl methyl sites for hydroxylation is 1. The van der Waals surface area contributed by atoms with Crippen LogP contribution in [0.25, 0.3) is 0 Å². The third-order valence-electron chi connectivity index (χ3n) is 5.16. The average Bonchev–Trinajstić information content (AvgIpc) is 2.75. The van der Waals surface area contributed by atoms with E-state index in [1.807, 2.05) is 12.1 Å². The van der Waals surface area contributed by atoms with Crippen LogP contribution in [0.4, 0.5) is 17.1 Å². The number of carbonyl (C=O) groups is 2. The number of hydrogen-bond donors (Lipinski definition) is 2. The van der Waals surface area contributed by atoms with Gasteiger partial charge in [0.15, 0.2) is 0 Å². The molecule has 8 heteroatoms. The van der Waals surface area contributed by atoms with E-state index in [1.165, 1.54) is 37.1 Å². The largest absolute Gasteiger partial charge is 0.372 e. The number of nitrogens with zero attached hydrogens (tertiary/aromatic N) is 2. The smallest absolute Gasteiger partial charge is 0.313 e. The lowest BCUT2D eigenvalue weighted by atomic mass is 10.1. The van der Waals surface area contributed by atoms with Crippen molar-refractivity contribution in [2.75, 3.05) is 29.9 Å². The fraction of sp³-hybridized carbons (Fsp3) is 0.364. The Kier molecular flexibility index (Phi) is 7.00. The quantitative estimate of drug-likeness (QED) is 0.432. The van der Waals surface area contributed by atoms with Gasteiger partial charge in [-0.05, 0) is 61.9 Å². The predicted molar refractivity (Wildman–Crippen MR) is 116 cm³/mol. The van der Waals surface area contributed by atoms with Gasteiger partial charge in [0, 0.05) is 31.4 Å². The standard InChI is InChI=1S/C22H26N4O4/c1-16-5-10-19(20(15-16)26(29)30)24-22(28)21(27)23-12-11-17-6-8-18(9-7-17)25-13-3-2-4-14-25/h5-10,15H,2-4,11-14H2,1H3,(H,23,27)(H,24,28). The number of nitro groups is 1. The Morgan fingerprint density at radius 3 is 2.40 bits per heavy atom. The van der Waals surface area contributed by atoms with Gasteiger partial charge in [0.2, 0.25) is 0 Å². The summed E-state index contributed by atoms with van der Waals surface area (Å²) in [4.78, 5) is 37.0. The minimum Gasteiger partial charge on any atom is -0.372 e. The Morgan fingerprint density at radius 1 is 1.03 bits per heavy atom. The molecule has 0 unspecified atom stereocenters. The molecule has 0 atom stereocenters. The SMILES string of the molecule is Cc1ccc(NC(=O)C(=O)NCCc2ccc(N3CCCCC3)cc2)c([N+](=O)[O-])c1. The van der Waals surface area contributed by atoms with Gasteiger partial charge in [0.1, 0.15) is 5.69 Å². The Bertz CT molecular complexity index is 921. The van der Waals surface area contributed by atoms with Crippen LogP contribution in [0, 0.1) is 17.0 Å². The summed E-state index contributed by atoms with van der Waals surface area (Å²) in [7, 11) is 0. The second-order valence-corrected chi connectivity index (χ2v) is 7.45. The number of piperidine rings is 1. The van der Waals surface area contributed by atoms with Gasteiger partial charge in [-0.2, -0.15) is 0 Å². The summed E-state index contributed by atoms with van der Waals surface area (Å²) in [6, 6.07) is 12.6. The van der Waals surface area contributed by atoms with Gasteiger partial charge in [-0.1, -0.05) is 18.2 Å². The maximum Gasteiger partial charge on any atom is 0.313 e. The second-order valence-electron chi connectivity index (χ2n) is 7.45. The molecule has 8 nitrogen and oxygen atoms in total. The van der Waals surface area contributed by atoms with Crippen molar-refractivity contribution in [1.29, 1.82) is 0 Å². The molecule has 2 amide bonds. The van der Waals surface area contributed by atoms with Crippen LogP contribution in [-0.4, -0.2) is 36.4 Å². The predicted octanol–water partition coefficient (Wildman–Crippen LogP) is 3.19. The molecular weight excluding hydrogens is 384 g/mol. The monoisotopic (exact) mass is 410 g/mol. The van der Waals surface area contributed by atoms with E-state index in [4.69, 9.17) is 0 Å². The first-order valence-electron chi connectivity index (χ1n) is 10.1. The number of carbonyl (C=O) groups excluding carboxylic acids is 2. The lowest BCUT2D eigenvalue weighted by molar-refractivity contribution is -0.384. The highest BCUT2D eigenvalue weighted by Crippen LogP contribution is 2.25. The zero-order chi connectivity index (χ0) is 21.5. The van der Waals surface area contributed by atoms with E-state index < -0.39 is 16.7 Å². The number of amides is 2. The molecule has 158 valence electrons. The molecule has 3 rings (SSSR count). The van der Waals surface area contributed by atoms with Gasteiger partial charge < -0.3 is 15.5 Å². The van der Waals surface area contributed by atoms with Crippen LogP contribution >= 0.6 is 0 Å². The van der Waals surface area contributed by atoms with Crippen LogP contribution in [0.3, 0.4) is 0 Å². The number of nitro benzene ring substituents is 1. The number of anilines is 2. The Hall–Kier alpha value is -3.42. The number of hydrogen-bond acceptors (Lipinski definition) is 5. The molecular formula is C22H26N4O4. The maximum absolute atomic E-state index is 12.1. The van der Waals surface area contributed by atoms with Crippen LogP contribution < -0.4 is 15.5 Å². The van der Waals surface area contributed by atoms with Crippen LogP contribution in [0.1, 0.15) is 30.4 Å². The molecule has 1 aliphatic heterocycles. The number of benzene rings is 2. The second kappa shape index (κ2) is 9.87. The topological polar surface area (TPSA) is 105 Å². The lowest BCUT2D eigenvalue weighted by Crippen LogP contribution is -2.36. The Labute approximate surface area is 175 Å². The van der Waals surface area contributed by atoms with E-state index in [0.29, 0.717) is 18.5 Å². The normalized spacial score (nSPS) is 13.6. The lowest BCUT2D eigenvalue weighted by Gasteiger charge is -2.28.